The van der Waals surface area contributed by atoms with E-state index in [0.29, 0.717) is 13.2 Å². The van der Waals surface area contributed by atoms with Crippen molar-refractivity contribution in [2.75, 3.05) is 26.4 Å². The Bertz CT molecular complexity index is 461. The summed E-state index contributed by atoms with van der Waals surface area (Å²) in [6.45, 7) is 6.47. The molecular weight excluding hydrogens is 334 g/mol. The van der Waals surface area contributed by atoms with Crippen molar-refractivity contribution in [2.24, 2.45) is 0 Å². The summed E-state index contributed by atoms with van der Waals surface area (Å²) in [6.07, 6.45) is 1.59. The molecule has 1 saturated heterocycles. The van der Waals surface area contributed by atoms with Gasteiger partial charge in [-0.25, -0.2) is 0 Å². The fourth-order valence-corrected chi connectivity index (χ4v) is 3.01. The Morgan fingerprint density at radius 2 is 2.33 bits per heavy atom. The van der Waals surface area contributed by atoms with Crippen LogP contribution in [0.15, 0.2) is 22.7 Å². The molecule has 2 rings (SSSR count). The summed E-state index contributed by atoms with van der Waals surface area (Å²) in [5.74, 6) is 0.756. The van der Waals surface area contributed by atoms with Crippen LogP contribution in [0.2, 0.25) is 0 Å². The van der Waals surface area contributed by atoms with Crippen molar-refractivity contribution in [3.05, 3.63) is 28.2 Å². The largest absolute Gasteiger partial charge is 0.490 e. The summed E-state index contributed by atoms with van der Waals surface area (Å²) in [4.78, 5) is 0. The maximum absolute atomic E-state index is 10.1. The lowest BCUT2D eigenvalue weighted by Gasteiger charge is -2.35. The van der Waals surface area contributed by atoms with Gasteiger partial charge in [0.25, 0.3) is 0 Å². The van der Waals surface area contributed by atoms with Gasteiger partial charge in [-0.2, -0.15) is 0 Å². The maximum atomic E-state index is 10.1. The van der Waals surface area contributed by atoms with E-state index in [1.54, 1.807) is 0 Å². The molecule has 1 fully saturated rings. The second-order valence-corrected chi connectivity index (χ2v) is 6.85. The molecule has 118 valence electrons. The van der Waals surface area contributed by atoms with E-state index < -0.39 is 6.10 Å². The lowest BCUT2D eigenvalue weighted by molar-refractivity contribution is 0.0184. The first-order chi connectivity index (χ1) is 9.98. The van der Waals surface area contributed by atoms with E-state index in [9.17, 15) is 5.11 Å². The Balaban J connectivity index is 1.75. The first kappa shape index (κ1) is 16.7. The Morgan fingerprint density at radius 1 is 1.52 bits per heavy atom. The van der Waals surface area contributed by atoms with E-state index in [-0.39, 0.29) is 12.1 Å². The number of β-amino-alcohol motifs (C(OH)–C–C–N with tert-alkyl or cyclic N) is 1. The van der Waals surface area contributed by atoms with Gasteiger partial charge in [-0.05, 0) is 60.3 Å². The second kappa shape index (κ2) is 7.58. The van der Waals surface area contributed by atoms with Crippen molar-refractivity contribution in [1.29, 1.82) is 0 Å². The van der Waals surface area contributed by atoms with Gasteiger partial charge in [-0.15, -0.1) is 0 Å². The molecule has 0 spiro atoms. The molecule has 0 bridgehead atoms. The lowest BCUT2D eigenvalue weighted by Crippen LogP contribution is -2.51. The predicted molar refractivity (Wildman–Crippen MR) is 86.8 cm³/mol. The minimum absolute atomic E-state index is 0.0380. The number of nitrogens with one attached hydrogen (secondary N) is 1. The van der Waals surface area contributed by atoms with E-state index >= 15 is 0 Å². The second-order valence-electron chi connectivity index (χ2n) is 6.00. The summed E-state index contributed by atoms with van der Waals surface area (Å²) in [6, 6.07) is 5.90. The molecule has 1 heterocycles. The number of aliphatic hydroxyl groups is 1. The molecular formula is C16H24BrNO3. The fraction of sp³-hybridized carbons (Fsp3) is 0.625. The van der Waals surface area contributed by atoms with Gasteiger partial charge in [0.2, 0.25) is 0 Å². The number of halogens is 1. The molecule has 0 aliphatic carbocycles. The van der Waals surface area contributed by atoms with Crippen LogP contribution in [-0.2, 0) is 4.74 Å². The molecule has 21 heavy (non-hydrogen) atoms. The molecule has 5 heteroatoms. The normalized spacial score (nSPS) is 23.8. The Labute approximate surface area is 135 Å². The van der Waals surface area contributed by atoms with Gasteiger partial charge >= 0.3 is 0 Å². The standard InChI is InChI=1S/C16H24BrNO3/c1-12-4-5-15(14(17)8-12)21-10-13(19)9-18-16(2)6-3-7-20-11-16/h4-5,8,13,18-19H,3,6-7,9-11H2,1-2H3. The van der Waals surface area contributed by atoms with Gasteiger partial charge in [0, 0.05) is 18.7 Å². The molecule has 0 aromatic heterocycles. The van der Waals surface area contributed by atoms with Crippen molar-refractivity contribution in [3.8, 4) is 5.75 Å². The maximum Gasteiger partial charge on any atom is 0.133 e. The minimum atomic E-state index is -0.544. The molecule has 1 aromatic carbocycles. The van der Waals surface area contributed by atoms with Crippen LogP contribution in [0, 0.1) is 6.92 Å². The number of hydrogen-bond donors (Lipinski definition) is 2. The van der Waals surface area contributed by atoms with E-state index in [2.05, 4.69) is 28.2 Å². The van der Waals surface area contributed by atoms with Gasteiger partial charge in [0.05, 0.1) is 11.1 Å². The van der Waals surface area contributed by atoms with Crippen LogP contribution in [0.25, 0.3) is 0 Å². The molecule has 1 aliphatic heterocycles. The van der Waals surface area contributed by atoms with Gasteiger partial charge in [0.1, 0.15) is 18.5 Å². The average molecular weight is 358 g/mol. The summed E-state index contributed by atoms with van der Waals surface area (Å²) in [5, 5.41) is 13.4. The van der Waals surface area contributed by atoms with E-state index in [1.165, 1.54) is 5.56 Å². The third kappa shape index (κ3) is 5.25. The van der Waals surface area contributed by atoms with Crippen molar-refractivity contribution in [3.63, 3.8) is 0 Å². The highest BCUT2D eigenvalue weighted by Gasteiger charge is 2.27. The smallest absolute Gasteiger partial charge is 0.133 e. The Hall–Kier alpha value is -0.620. The Morgan fingerprint density at radius 3 is 3.00 bits per heavy atom. The third-order valence-electron chi connectivity index (χ3n) is 3.72. The zero-order valence-electron chi connectivity index (χ0n) is 12.7. The number of rotatable bonds is 6. The number of hydrogen-bond acceptors (Lipinski definition) is 4. The summed E-state index contributed by atoms with van der Waals surface area (Å²) >= 11 is 3.47. The first-order valence-corrected chi connectivity index (χ1v) is 8.18. The highest BCUT2D eigenvalue weighted by molar-refractivity contribution is 9.10. The van der Waals surface area contributed by atoms with Crippen molar-refractivity contribution >= 4 is 15.9 Å². The van der Waals surface area contributed by atoms with Crippen LogP contribution in [0.3, 0.4) is 0 Å². The molecule has 0 amide bonds. The minimum Gasteiger partial charge on any atom is -0.490 e. The number of aryl methyl sites for hydroxylation is 1. The first-order valence-electron chi connectivity index (χ1n) is 7.38. The van der Waals surface area contributed by atoms with Gasteiger partial charge in [-0.3, -0.25) is 0 Å². The van der Waals surface area contributed by atoms with Crippen LogP contribution in [0.4, 0.5) is 0 Å². The highest BCUT2D eigenvalue weighted by Crippen LogP contribution is 2.25. The summed E-state index contributed by atoms with van der Waals surface area (Å²) in [5.41, 5.74) is 1.13. The lowest BCUT2D eigenvalue weighted by atomic mass is 9.95. The molecule has 0 saturated carbocycles. The van der Waals surface area contributed by atoms with Crippen molar-refractivity contribution in [2.45, 2.75) is 38.3 Å². The summed E-state index contributed by atoms with van der Waals surface area (Å²) in [7, 11) is 0. The van der Waals surface area contributed by atoms with Crippen LogP contribution in [0.1, 0.15) is 25.3 Å². The van der Waals surface area contributed by atoms with E-state index in [1.807, 2.05) is 25.1 Å². The van der Waals surface area contributed by atoms with Crippen LogP contribution < -0.4 is 10.1 Å². The van der Waals surface area contributed by atoms with Crippen LogP contribution >= 0.6 is 15.9 Å². The molecule has 0 radical (unpaired) electrons. The summed E-state index contributed by atoms with van der Waals surface area (Å²) < 4.78 is 12.1. The fourth-order valence-electron chi connectivity index (χ4n) is 2.41. The van der Waals surface area contributed by atoms with Gasteiger partial charge in [-0.1, -0.05) is 6.07 Å². The van der Waals surface area contributed by atoms with E-state index in [4.69, 9.17) is 9.47 Å². The van der Waals surface area contributed by atoms with Gasteiger partial charge in [0.15, 0.2) is 0 Å². The highest BCUT2D eigenvalue weighted by atomic mass is 79.9. The number of benzene rings is 1. The zero-order valence-corrected chi connectivity index (χ0v) is 14.3. The van der Waals surface area contributed by atoms with Gasteiger partial charge < -0.3 is 19.9 Å². The van der Waals surface area contributed by atoms with Crippen molar-refractivity contribution < 1.29 is 14.6 Å². The number of ether oxygens (including phenoxy) is 2. The van der Waals surface area contributed by atoms with Crippen LogP contribution in [0.5, 0.6) is 5.75 Å². The molecule has 1 aromatic rings. The third-order valence-corrected chi connectivity index (χ3v) is 4.34. The van der Waals surface area contributed by atoms with E-state index in [0.717, 1.165) is 29.7 Å². The molecule has 2 unspecified atom stereocenters. The number of aliphatic hydroxyl groups excluding tert-OH is 1. The quantitative estimate of drug-likeness (QED) is 0.821. The topological polar surface area (TPSA) is 50.7 Å². The van der Waals surface area contributed by atoms with Crippen molar-refractivity contribution in [1.82, 2.24) is 5.32 Å². The molecule has 2 N–H and O–H groups in total. The SMILES string of the molecule is Cc1ccc(OCC(O)CNC2(C)CCCOC2)c(Br)c1. The molecule has 4 nitrogen and oxygen atoms in total. The zero-order chi connectivity index (χ0) is 15.3. The predicted octanol–water partition coefficient (Wildman–Crippen LogP) is 2.66. The average Bonchev–Trinajstić information content (AvgIpc) is 2.45. The molecule has 1 aliphatic rings. The van der Waals surface area contributed by atoms with Crippen LogP contribution in [-0.4, -0.2) is 43.1 Å². The molecule has 2 atom stereocenters. The Kier molecular flexibility index (Phi) is 6.05. The monoisotopic (exact) mass is 357 g/mol.